The lowest BCUT2D eigenvalue weighted by Gasteiger charge is -2.11. The molecule has 8 heteroatoms. The number of carbonyl (C=O) groups excluding carboxylic acids is 1. The fourth-order valence-electron chi connectivity index (χ4n) is 3.02. The highest BCUT2D eigenvalue weighted by atomic mass is 32.2. The van der Waals surface area contributed by atoms with Gasteiger partial charge in [-0.05, 0) is 42.8 Å². The molecule has 1 aliphatic rings. The lowest BCUT2D eigenvalue weighted by molar-refractivity contribution is -0.138. The molecule has 0 saturated heterocycles. The molecule has 3 rings (SSSR count). The minimum Gasteiger partial charge on any atom is -0.506 e. The summed E-state index contributed by atoms with van der Waals surface area (Å²) in [6.07, 6.45) is 1.82. The summed E-state index contributed by atoms with van der Waals surface area (Å²) in [5, 5.41) is 11.2. The van der Waals surface area contributed by atoms with Crippen molar-refractivity contribution in [2.45, 2.75) is 6.92 Å². The van der Waals surface area contributed by atoms with E-state index in [0.29, 0.717) is 27.1 Å². The molecule has 0 unspecified atom stereocenters. The molecule has 1 aliphatic heterocycles. The first-order valence-electron chi connectivity index (χ1n) is 9.96. The third-order valence-corrected chi connectivity index (χ3v) is 5.70. The second-order valence-corrected chi connectivity index (χ2v) is 8.03. The van der Waals surface area contributed by atoms with Gasteiger partial charge in [0.25, 0.3) is 0 Å². The third-order valence-electron chi connectivity index (χ3n) is 4.68. The predicted molar refractivity (Wildman–Crippen MR) is 129 cm³/mol. The Morgan fingerprint density at radius 1 is 1.09 bits per heavy atom. The summed E-state index contributed by atoms with van der Waals surface area (Å²) in [6.45, 7) is 1.90. The molecule has 32 heavy (non-hydrogen) atoms. The number of ether oxygens (including phenoxy) is 3. The topological polar surface area (TPSA) is 80.6 Å². The van der Waals surface area contributed by atoms with Gasteiger partial charge in [0.1, 0.15) is 16.4 Å². The number of aliphatic hydroxyl groups is 1. The van der Waals surface area contributed by atoms with Gasteiger partial charge in [-0.1, -0.05) is 23.9 Å². The molecule has 0 fully saturated rings. The Bertz CT molecular complexity index is 1090. The molecule has 0 spiro atoms. The van der Waals surface area contributed by atoms with Gasteiger partial charge in [-0.2, -0.15) is 0 Å². The van der Waals surface area contributed by atoms with Crippen LogP contribution >= 0.6 is 11.8 Å². The number of aliphatic hydroxyl groups excluding tert-OH is 1. The van der Waals surface area contributed by atoms with E-state index in [1.165, 1.54) is 18.9 Å². The van der Waals surface area contributed by atoms with Crippen molar-refractivity contribution in [3.63, 3.8) is 0 Å². The van der Waals surface area contributed by atoms with E-state index in [2.05, 4.69) is 4.99 Å². The van der Waals surface area contributed by atoms with Crippen molar-refractivity contribution in [2.24, 2.45) is 4.99 Å². The molecule has 2 aromatic rings. The van der Waals surface area contributed by atoms with Crippen LogP contribution in [0.5, 0.6) is 11.5 Å². The van der Waals surface area contributed by atoms with Gasteiger partial charge in [0.05, 0.1) is 31.4 Å². The summed E-state index contributed by atoms with van der Waals surface area (Å²) in [6, 6.07) is 13.0. The van der Waals surface area contributed by atoms with Gasteiger partial charge in [0.15, 0.2) is 11.5 Å². The Morgan fingerprint density at radius 2 is 1.78 bits per heavy atom. The van der Waals surface area contributed by atoms with Gasteiger partial charge in [-0.25, -0.2) is 9.79 Å². The second-order valence-electron chi connectivity index (χ2n) is 7.00. The smallest absolute Gasteiger partial charge is 0.344 e. The SMILES string of the molecule is CCOC(=O)C1=C(O)C(=Cc2ccc(N(C)C)cc2)SC1=Nc1ccc(OC)c(OC)c1. The van der Waals surface area contributed by atoms with E-state index < -0.39 is 5.97 Å². The van der Waals surface area contributed by atoms with Gasteiger partial charge in [-0.3, -0.25) is 0 Å². The average molecular weight is 455 g/mol. The maximum absolute atomic E-state index is 12.6. The van der Waals surface area contributed by atoms with E-state index >= 15 is 0 Å². The Balaban J connectivity index is 2.01. The zero-order valence-corrected chi connectivity index (χ0v) is 19.5. The number of methoxy groups -OCH3 is 2. The maximum Gasteiger partial charge on any atom is 0.344 e. The Hall–Kier alpha value is -3.39. The van der Waals surface area contributed by atoms with Crippen LogP contribution in [0.2, 0.25) is 0 Å². The number of nitrogens with zero attached hydrogens (tertiary/aromatic N) is 2. The monoisotopic (exact) mass is 454 g/mol. The maximum atomic E-state index is 12.6. The molecule has 0 aromatic heterocycles. The first kappa shape index (κ1) is 23.3. The van der Waals surface area contributed by atoms with Crippen LogP contribution in [0, 0.1) is 0 Å². The van der Waals surface area contributed by atoms with Crippen molar-refractivity contribution in [2.75, 3.05) is 39.8 Å². The summed E-state index contributed by atoms with van der Waals surface area (Å²) < 4.78 is 15.8. The van der Waals surface area contributed by atoms with Crippen LogP contribution in [0.25, 0.3) is 6.08 Å². The standard InChI is InChI=1S/C24H26N2O5S/c1-6-31-24(28)21-22(27)20(13-15-7-10-17(11-8-15)26(2)3)32-23(21)25-16-9-12-18(29-4)19(14-16)30-5/h7-14,27H,6H2,1-5H3. The normalized spacial score (nSPS) is 15.9. The first-order chi connectivity index (χ1) is 15.4. The average Bonchev–Trinajstić information content (AvgIpc) is 3.08. The Kier molecular flexibility index (Phi) is 7.48. The fraction of sp³-hybridized carbons (Fsp3) is 0.250. The van der Waals surface area contributed by atoms with E-state index in [4.69, 9.17) is 14.2 Å². The summed E-state index contributed by atoms with van der Waals surface area (Å²) >= 11 is 1.21. The zero-order valence-electron chi connectivity index (χ0n) is 18.7. The molecule has 7 nitrogen and oxygen atoms in total. The van der Waals surface area contributed by atoms with Crippen LogP contribution in [0.15, 0.2) is 63.7 Å². The molecular weight excluding hydrogens is 428 g/mol. The van der Waals surface area contributed by atoms with Gasteiger partial charge in [0, 0.05) is 25.8 Å². The van der Waals surface area contributed by atoms with Crippen molar-refractivity contribution in [3.05, 3.63) is 64.3 Å². The number of rotatable bonds is 7. The molecule has 0 saturated carbocycles. The summed E-state index contributed by atoms with van der Waals surface area (Å²) in [5.41, 5.74) is 2.55. The minimum absolute atomic E-state index is 0.0443. The molecule has 1 heterocycles. The lowest BCUT2D eigenvalue weighted by atomic mass is 10.1. The molecular formula is C24H26N2O5S. The van der Waals surface area contributed by atoms with Crippen molar-refractivity contribution >= 4 is 40.2 Å². The van der Waals surface area contributed by atoms with Crippen molar-refractivity contribution in [1.82, 2.24) is 0 Å². The number of thioether (sulfide) groups is 1. The highest BCUT2D eigenvalue weighted by molar-refractivity contribution is 8.18. The van der Waals surface area contributed by atoms with Gasteiger partial charge in [0.2, 0.25) is 0 Å². The number of hydrogen-bond acceptors (Lipinski definition) is 8. The second kappa shape index (κ2) is 10.3. The number of aliphatic imine (C=N–C) groups is 1. The van der Waals surface area contributed by atoms with E-state index in [1.807, 2.05) is 49.3 Å². The van der Waals surface area contributed by atoms with E-state index in [0.717, 1.165) is 11.3 Å². The van der Waals surface area contributed by atoms with Crippen LogP contribution in [0.4, 0.5) is 11.4 Å². The van der Waals surface area contributed by atoms with Crippen LogP contribution in [-0.4, -0.2) is 51.0 Å². The van der Waals surface area contributed by atoms with E-state index in [1.54, 1.807) is 32.2 Å². The zero-order chi connectivity index (χ0) is 23.3. The molecule has 0 radical (unpaired) electrons. The summed E-state index contributed by atoms with van der Waals surface area (Å²) in [5.74, 6) is 0.314. The van der Waals surface area contributed by atoms with Crippen molar-refractivity contribution in [1.29, 1.82) is 0 Å². The Morgan fingerprint density at radius 3 is 2.38 bits per heavy atom. The largest absolute Gasteiger partial charge is 0.506 e. The predicted octanol–water partition coefficient (Wildman–Crippen LogP) is 4.96. The van der Waals surface area contributed by atoms with Gasteiger partial charge < -0.3 is 24.2 Å². The number of esters is 1. The molecule has 0 atom stereocenters. The molecule has 0 bridgehead atoms. The fourth-order valence-corrected chi connectivity index (χ4v) is 4.06. The molecule has 2 aromatic carbocycles. The quantitative estimate of drug-likeness (QED) is 0.592. The van der Waals surface area contributed by atoms with Crippen LogP contribution in [0.3, 0.4) is 0 Å². The van der Waals surface area contributed by atoms with Gasteiger partial charge >= 0.3 is 5.97 Å². The highest BCUT2D eigenvalue weighted by Crippen LogP contribution is 2.41. The third kappa shape index (κ3) is 5.08. The van der Waals surface area contributed by atoms with Crippen molar-refractivity contribution in [3.8, 4) is 11.5 Å². The number of hydrogen-bond donors (Lipinski definition) is 1. The summed E-state index contributed by atoms with van der Waals surface area (Å²) in [7, 11) is 7.03. The highest BCUT2D eigenvalue weighted by Gasteiger charge is 2.33. The van der Waals surface area contributed by atoms with Crippen LogP contribution in [0.1, 0.15) is 12.5 Å². The van der Waals surface area contributed by atoms with Crippen molar-refractivity contribution < 1.29 is 24.1 Å². The van der Waals surface area contributed by atoms with E-state index in [-0.39, 0.29) is 17.9 Å². The number of anilines is 1. The first-order valence-corrected chi connectivity index (χ1v) is 10.8. The Labute approximate surface area is 192 Å². The lowest BCUT2D eigenvalue weighted by Crippen LogP contribution is -2.12. The van der Waals surface area contributed by atoms with Crippen LogP contribution in [-0.2, 0) is 9.53 Å². The van der Waals surface area contributed by atoms with Gasteiger partial charge in [-0.15, -0.1) is 0 Å². The molecule has 1 N–H and O–H groups in total. The molecule has 168 valence electrons. The summed E-state index contributed by atoms with van der Waals surface area (Å²) in [4.78, 5) is 19.7. The van der Waals surface area contributed by atoms with Crippen LogP contribution < -0.4 is 14.4 Å². The molecule has 0 aliphatic carbocycles. The number of carbonyl (C=O) groups is 1. The minimum atomic E-state index is -0.622. The number of benzene rings is 2. The molecule has 0 amide bonds. The van der Waals surface area contributed by atoms with E-state index in [9.17, 15) is 9.90 Å².